The summed E-state index contributed by atoms with van der Waals surface area (Å²) in [5, 5.41) is 8.55. The summed E-state index contributed by atoms with van der Waals surface area (Å²) < 4.78 is 37.2. The fourth-order valence-electron chi connectivity index (χ4n) is 1.07. The Kier molecular flexibility index (Phi) is 2.98. The molecule has 0 aliphatic carbocycles. The summed E-state index contributed by atoms with van der Waals surface area (Å²) in [5.74, 6) is -0.139. The van der Waals surface area contributed by atoms with Gasteiger partial charge in [-0.05, 0) is 18.1 Å². The summed E-state index contributed by atoms with van der Waals surface area (Å²) in [6, 6.07) is 3.36. The molecule has 1 aromatic heterocycles. The maximum Gasteiger partial charge on any atom is 0.416 e. The minimum absolute atomic E-state index is 0.139. The van der Waals surface area contributed by atoms with Gasteiger partial charge in [0, 0.05) is 5.69 Å². The molecule has 0 bridgehead atoms. The molecule has 0 aliphatic heterocycles. The average molecular weight is 214 g/mol. The lowest BCUT2D eigenvalue weighted by Crippen LogP contribution is -2.08. The maximum absolute atomic E-state index is 12.4. The molecule has 0 saturated heterocycles. The number of aromatic nitrogens is 1. The van der Waals surface area contributed by atoms with Gasteiger partial charge < -0.3 is 0 Å². The van der Waals surface area contributed by atoms with Gasteiger partial charge in [0.05, 0.1) is 5.56 Å². The SMILES string of the molecule is CC(C)c1cc(C(F)(F)F)cc(C#N)n1. The van der Waals surface area contributed by atoms with Crippen molar-refractivity contribution in [3.63, 3.8) is 0 Å². The van der Waals surface area contributed by atoms with E-state index in [0.29, 0.717) is 0 Å². The number of halogens is 3. The monoisotopic (exact) mass is 214 g/mol. The average Bonchev–Trinajstić information content (AvgIpc) is 2.15. The standard InChI is InChI=1S/C10H9F3N2/c1-6(2)9-4-7(10(11,12)13)3-8(5-14)15-9/h3-4,6H,1-2H3. The second-order valence-corrected chi connectivity index (χ2v) is 3.43. The first kappa shape index (κ1) is 11.5. The number of hydrogen-bond acceptors (Lipinski definition) is 2. The molecule has 5 heteroatoms. The van der Waals surface area contributed by atoms with Crippen LogP contribution in [-0.2, 0) is 6.18 Å². The zero-order valence-corrected chi connectivity index (χ0v) is 8.26. The Labute approximate surface area is 85.4 Å². The lowest BCUT2D eigenvalue weighted by Gasteiger charge is -2.10. The van der Waals surface area contributed by atoms with Crippen LogP contribution >= 0.6 is 0 Å². The van der Waals surface area contributed by atoms with Gasteiger partial charge in [0.15, 0.2) is 0 Å². The Bertz CT molecular complexity index is 402. The van der Waals surface area contributed by atoms with Crippen LogP contribution in [0.4, 0.5) is 13.2 Å². The molecule has 0 spiro atoms. The molecule has 0 unspecified atom stereocenters. The van der Waals surface area contributed by atoms with E-state index < -0.39 is 11.7 Å². The Hall–Kier alpha value is -1.57. The second kappa shape index (κ2) is 3.89. The molecule has 2 nitrogen and oxygen atoms in total. The highest BCUT2D eigenvalue weighted by Crippen LogP contribution is 2.31. The van der Waals surface area contributed by atoms with Crippen molar-refractivity contribution in [3.05, 3.63) is 29.1 Å². The molecular formula is C10H9F3N2. The molecule has 0 radical (unpaired) electrons. The quantitative estimate of drug-likeness (QED) is 0.720. The van der Waals surface area contributed by atoms with Crippen LogP contribution in [0.5, 0.6) is 0 Å². The number of pyridine rings is 1. The molecule has 1 heterocycles. The zero-order valence-electron chi connectivity index (χ0n) is 8.26. The largest absolute Gasteiger partial charge is 0.416 e. The molecule has 0 aliphatic rings. The summed E-state index contributed by atoms with van der Waals surface area (Å²) in [6.45, 7) is 3.45. The number of nitrogens with zero attached hydrogens (tertiary/aromatic N) is 2. The van der Waals surface area contributed by atoms with E-state index in [9.17, 15) is 13.2 Å². The van der Waals surface area contributed by atoms with Gasteiger partial charge in [0.25, 0.3) is 0 Å². The van der Waals surface area contributed by atoms with E-state index in [2.05, 4.69) is 4.98 Å². The first-order valence-electron chi connectivity index (χ1n) is 4.34. The molecule has 0 N–H and O–H groups in total. The van der Waals surface area contributed by atoms with Crippen LogP contribution in [0.25, 0.3) is 0 Å². The van der Waals surface area contributed by atoms with Crippen LogP contribution in [0.1, 0.15) is 36.7 Å². The fourth-order valence-corrected chi connectivity index (χ4v) is 1.07. The van der Waals surface area contributed by atoms with E-state index in [1.807, 2.05) is 0 Å². The lowest BCUT2D eigenvalue weighted by atomic mass is 10.1. The number of nitriles is 1. The van der Waals surface area contributed by atoms with Gasteiger partial charge in [-0.3, -0.25) is 0 Å². The smallest absolute Gasteiger partial charge is 0.242 e. The summed E-state index contributed by atoms with van der Waals surface area (Å²) in [4.78, 5) is 3.80. The van der Waals surface area contributed by atoms with Crippen molar-refractivity contribution in [2.45, 2.75) is 25.9 Å². The topological polar surface area (TPSA) is 36.7 Å². The first-order chi connectivity index (χ1) is 6.84. The molecule has 0 atom stereocenters. The van der Waals surface area contributed by atoms with E-state index in [-0.39, 0.29) is 17.3 Å². The third kappa shape index (κ3) is 2.69. The van der Waals surface area contributed by atoms with E-state index in [4.69, 9.17) is 5.26 Å². The van der Waals surface area contributed by atoms with Crippen LogP contribution in [-0.4, -0.2) is 4.98 Å². The predicted octanol–water partition coefficient (Wildman–Crippen LogP) is 3.10. The van der Waals surface area contributed by atoms with Gasteiger partial charge in [-0.1, -0.05) is 13.8 Å². The van der Waals surface area contributed by atoms with Crippen molar-refractivity contribution in [2.75, 3.05) is 0 Å². The van der Waals surface area contributed by atoms with Crippen molar-refractivity contribution >= 4 is 0 Å². The normalized spacial score (nSPS) is 11.5. The second-order valence-electron chi connectivity index (χ2n) is 3.43. The van der Waals surface area contributed by atoms with Gasteiger partial charge in [-0.2, -0.15) is 18.4 Å². The van der Waals surface area contributed by atoms with E-state index >= 15 is 0 Å². The van der Waals surface area contributed by atoms with Gasteiger partial charge in [-0.25, -0.2) is 4.98 Å². The van der Waals surface area contributed by atoms with Crippen molar-refractivity contribution in [2.24, 2.45) is 0 Å². The van der Waals surface area contributed by atoms with E-state index in [0.717, 1.165) is 12.1 Å². The van der Waals surface area contributed by atoms with Crippen LogP contribution < -0.4 is 0 Å². The summed E-state index contributed by atoms with van der Waals surface area (Å²) >= 11 is 0. The van der Waals surface area contributed by atoms with Crippen LogP contribution in [0.15, 0.2) is 12.1 Å². The highest BCUT2D eigenvalue weighted by atomic mass is 19.4. The number of rotatable bonds is 1. The Balaban J connectivity index is 3.32. The molecule has 0 fully saturated rings. The molecule has 1 aromatic rings. The number of alkyl halides is 3. The Morgan fingerprint density at radius 3 is 2.33 bits per heavy atom. The third-order valence-corrected chi connectivity index (χ3v) is 1.88. The highest BCUT2D eigenvalue weighted by Gasteiger charge is 2.31. The van der Waals surface area contributed by atoms with E-state index in [1.165, 1.54) is 0 Å². The van der Waals surface area contributed by atoms with Crippen LogP contribution in [0.2, 0.25) is 0 Å². The van der Waals surface area contributed by atoms with Crippen LogP contribution in [0.3, 0.4) is 0 Å². The fraction of sp³-hybridized carbons (Fsp3) is 0.400. The highest BCUT2D eigenvalue weighted by molar-refractivity contribution is 5.31. The summed E-state index contributed by atoms with van der Waals surface area (Å²) in [6.07, 6.45) is -4.43. The minimum atomic E-state index is -4.43. The summed E-state index contributed by atoms with van der Waals surface area (Å²) in [5.41, 5.74) is -0.743. The zero-order chi connectivity index (χ0) is 11.6. The number of hydrogen-bond donors (Lipinski definition) is 0. The third-order valence-electron chi connectivity index (χ3n) is 1.88. The Morgan fingerprint density at radius 2 is 1.93 bits per heavy atom. The Morgan fingerprint density at radius 1 is 1.33 bits per heavy atom. The van der Waals surface area contributed by atoms with Crippen molar-refractivity contribution < 1.29 is 13.2 Å². The van der Waals surface area contributed by atoms with E-state index in [1.54, 1.807) is 19.9 Å². The molecule has 1 rings (SSSR count). The van der Waals surface area contributed by atoms with Gasteiger partial charge in [0.1, 0.15) is 11.8 Å². The van der Waals surface area contributed by atoms with Gasteiger partial charge in [-0.15, -0.1) is 0 Å². The maximum atomic E-state index is 12.4. The van der Waals surface area contributed by atoms with Crippen molar-refractivity contribution in [1.29, 1.82) is 5.26 Å². The molecule has 15 heavy (non-hydrogen) atoms. The molecule has 80 valence electrons. The van der Waals surface area contributed by atoms with Crippen molar-refractivity contribution in [3.8, 4) is 6.07 Å². The van der Waals surface area contributed by atoms with Crippen LogP contribution in [0, 0.1) is 11.3 Å². The first-order valence-corrected chi connectivity index (χ1v) is 4.34. The molecule has 0 amide bonds. The van der Waals surface area contributed by atoms with Crippen molar-refractivity contribution in [1.82, 2.24) is 4.98 Å². The van der Waals surface area contributed by atoms with Gasteiger partial charge in [0.2, 0.25) is 0 Å². The molecule has 0 aromatic carbocycles. The summed E-state index contributed by atoms with van der Waals surface area (Å²) in [7, 11) is 0. The lowest BCUT2D eigenvalue weighted by molar-refractivity contribution is -0.137. The van der Waals surface area contributed by atoms with Gasteiger partial charge >= 0.3 is 6.18 Å². The predicted molar refractivity (Wildman–Crippen MR) is 48.0 cm³/mol. The molecule has 0 saturated carbocycles. The molecular weight excluding hydrogens is 205 g/mol. The minimum Gasteiger partial charge on any atom is -0.242 e.